The predicted octanol–water partition coefficient (Wildman–Crippen LogP) is 2.01. The van der Waals surface area contributed by atoms with Crippen LogP contribution < -0.4 is 10.1 Å². The lowest BCUT2D eigenvalue weighted by Gasteiger charge is -2.18. The molecule has 1 saturated heterocycles. The number of carbonyl (C=O) groups excluding carboxylic acids is 2. The first-order chi connectivity index (χ1) is 10.0. The Hall–Kier alpha value is -2.04. The van der Waals surface area contributed by atoms with Gasteiger partial charge in [-0.2, -0.15) is 0 Å². The SMILES string of the molecule is CCOC(=O)C1NC(=O)CC1c1cccc(OC(C)C)c1. The van der Waals surface area contributed by atoms with Crippen molar-refractivity contribution in [2.45, 2.75) is 45.3 Å². The minimum absolute atomic E-state index is 0.0736. The Labute approximate surface area is 124 Å². The maximum absolute atomic E-state index is 12.0. The van der Waals surface area contributed by atoms with Crippen LogP contribution in [0.15, 0.2) is 24.3 Å². The lowest BCUT2D eigenvalue weighted by atomic mass is 9.91. The molecule has 5 nitrogen and oxygen atoms in total. The van der Waals surface area contributed by atoms with E-state index >= 15 is 0 Å². The van der Waals surface area contributed by atoms with Gasteiger partial charge in [0.2, 0.25) is 5.91 Å². The van der Waals surface area contributed by atoms with Crippen LogP contribution in [0.3, 0.4) is 0 Å². The van der Waals surface area contributed by atoms with Crippen molar-refractivity contribution in [3.8, 4) is 5.75 Å². The van der Waals surface area contributed by atoms with Gasteiger partial charge in [-0.15, -0.1) is 0 Å². The number of rotatable bonds is 5. The molecular weight excluding hydrogens is 270 g/mol. The first-order valence-electron chi connectivity index (χ1n) is 7.24. The van der Waals surface area contributed by atoms with Gasteiger partial charge in [-0.25, -0.2) is 4.79 Å². The average molecular weight is 291 g/mol. The molecule has 1 heterocycles. The lowest BCUT2D eigenvalue weighted by molar-refractivity contribution is -0.146. The summed E-state index contributed by atoms with van der Waals surface area (Å²) in [5.41, 5.74) is 0.907. The predicted molar refractivity (Wildman–Crippen MR) is 78.1 cm³/mol. The summed E-state index contributed by atoms with van der Waals surface area (Å²) in [6.07, 6.45) is 0.360. The smallest absolute Gasteiger partial charge is 0.329 e. The molecule has 0 aromatic heterocycles. The summed E-state index contributed by atoms with van der Waals surface area (Å²) in [7, 11) is 0. The van der Waals surface area contributed by atoms with Crippen molar-refractivity contribution in [1.82, 2.24) is 5.32 Å². The van der Waals surface area contributed by atoms with Crippen molar-refractivity contribution >= 4 is 11.9 Å². The van der Waals surface area contributed by atoms with E-state index in [0.717, 1.165) is 11.3 Å². The molecule has 1 N–H and O–H groups in total. The molecule has 1 fully saturated rings. The van der Waals surface area contributed by atoms with Crippen LogP contribution in [0.2, 0.25) is 0 Å². The Bertz CT molecular complexity index is 527. The number of esters is 1. The topological polar surface area (TPSA) is 64.6 Å². The van der Waals surface area contributed by atoms with Gasteiger partial charge in [0.15, 0.2) is 0 Å². The third kappa shape index (κ3) is 3.74. The van der Waals surface area contributed by atoms with Crippen LogP contribution in [-0.4, -0.2) is 30.6 Å². The van der Waals surface area contributed by atoms with Gasteiger partial charge in [-0.3, -0.25) is 4.79 Å². The molecule has 114 valence electrons. The average Bonchev–Trinajstić information content (AvgIpc) is 2.81. The molecular formula is C16H21NO4. The molecule has 1 aliphatic heterocycles. The molecule has 0 bridgehead atoms. The third-order valence-electron chi connectivity index (χ3n) is 3.32. The first kappa shape index (κ1) is 15.4. The molecule has 21 heavy (non-hydrogen) atoms. The molecule has 1 amide bonds. The summed E-state index contributed by atoms with van der Waals surface area (Å²) in [6.45, 7) is 5.96. The second kappa shape index (κ2) is 6.61. The third-order valence-corrected chi connectivity index (χ3v) is 3.32. The molecule has 0 saturated carbocycles. The summed E-state index contributed by atoms with van der Waals surface area (Å²) >= 11 is 0. The molecule has 2 atom stereocenters. The van der Waals surface area contributed by atoms with Crippen LogP contribution in [0.5, 0.6) is 5.75 Å². The van der Waals surface area contributed by atoms with Crippen LogP contribution in [0, 0.1) is 0 Å². The van der Waals surface area contributed by atoms with E-state index in [-0.39, 0.29) is 30.3 Å². The molecule has 1 aromatic carbocycles. The van der Waals surface area contributed by atoms with E-state index in [1.807, 2.05) is 38.1 Å². The number of carbonyl (C=O) groups is 2. The maximum Gasteiger partial charge on any atom is 0.329 e. The molecule has 2 rings (SSSR count). The Kier molecular flexibility index (Phi) is 4.83. The lowest BCUT2D eigenvalue weighted by Crippen LogP contribution is -2.37. The van der Waals surface area contributed by atoms with E-state index in [9.17, 15) is 9.59 Å². The minimum atomic E-state index is -0.619. The van der Waals surface area contributed by atoms with Crippen molar-refractivity contribution in [2.24, 2.45) is 0 Å². The summed E-state index contributed by atoms with van der Waals surface area (Å²) < 4.78 is 10.7. The Morgan fingerprint density at radius 1 is 1.43 bits per heavy atom. The molecule has 0 spiro atoms. The van der Waals surface area contributed by atoms with Crippen molar-refractivity contribution in [3.05, 3.63) is 29.8 Å². The van der Waals surface area contributed by atoms with Crippen molar-refractivity contribution < 1.29 is 19.1 Å². The number of hydrogen-bond acceptors (Lipinski definition) is 4. The van der Waals surface area contributed by atoms with Gasteiger partial charge >= 0.3 is 5.97 Å². The van der Waals surface area contributed by atoms with Crippen molar-refractivity contribution in [2.75, 3.05) is 6.61 Å². The molecule has 1 aromatic rings. The van der Waals surface area contributed by atoms with Gasteiger partial charge in [-0.1, -0.05) is 12.1 Å². The van der Waals surface area contributed by atoms with Crippen LogP contribution in [0.4, 0.5) is 0 Å². The van der Waals surface area contributed by atoms with Crippen molar-refractivity contribution in [1.29, 1.82) is 0 Å². The zero-order valence-corrected chi connectivity index (χ0v) is 12.6. The molecule has 0 radical (unpaired) electrons. The van der Waals surface area contributed by atoms with Crippen LogP contribution >= 0.6 is 0 Å². The largest absolute Gasteiger partial charge is 0.491 e. The molecule has 0 aliphatic carbocycles. The zero-order valence-electron chi connectivity index (χ0n) is 12.6. The summed E-state index contributed by atoms with van der Waals surface area (Å²) in [4.78, 5) is 23.6. The van der Waals surface area contributed by atoms with E-state index in [2.05, 4.69) is 5.32 Å². The van der Waals surface area contributed by atoms with Gasteiger partial charge in [0.25, 0.3) is 0 Å². The van der Waals surface area contributed by atoms with Gasteiger partial charge in [-0.05, 0) is 38.5 Å². The van der Waals surface area contributed by atoms with Gasteiger partial charge in [0, 0.05) is 12.3 Å². The second-order valence-electron chi connectivity index (χ2n) is 5.35. The summed E-state index contributed by atoms with van der Waals surface area (Å²) in [5.74, 6) is 0.00786. The quantitative estimate of drug-likeness (QED) is 0.843. The summed E-state index contributed by atoms with van der Waals surface area (Å²) in [5, 5.41) is 2.69. The van der Waals surface area contributed by atoms with E-state index in [1.165, 1.54) is 0 Å². The number of benzene rings is 1. The Morgan fingerprint density at radius 3 is 2.86 bits per heavy atom. The standard InChI is InChI=1S/C16H21NO4/c1-4-20-16(19)15-13(9-14(18)17-15)11-6-5-7-12(8-11)21-10(2)3/h5-8,10,13,15H,4,9H2,1-3H3,(H,17,18). The zero-order chi connectivity index (χ0) is 15.4. The Balaban J connectivity index is 2.22. The van der Waals surface area contributed by atoms with Crippen LogP contribution in [-0.2, 0) is 14.3 Å². The van der Waals surface area contributed by atoms with Crippen molar-refractivity contribution in [3.63, 3.8) is 0 Å². The van der Waals surface area contributed by atoms with Gasteiger partial charge in [0.05, 0.1) is 12.7 Å². The number of ether oxygens (including phenoxy) is 2. The second-order valence-corrected chi connectivity index (χ2v) is 5.35. The fraction of sp³-hybridized carbons (Fsp3) is 0.500. The summed E-state index contributed by atoms with van der Waals surface area (Å²) in [6, 6.07) is 6.92. The minimum Gasteiger partial charge on any atom is -0.491 e. The fourth-order valence-electron chi connectivity index (χ4n) is 2.51. The van der Waals surface area contributed by atoms with Gasteiger partial charge < -0.3 is 14.8 Å². The number of hydrogen-bond donors (Lipinski definition) is 1. The first-order valence-corrected chi connectivity index (χ1v) is 7.24. The van der Waals surface area contributed by atoms with Crippen LogP contribution in [0.25, 0.3) is 0 Å². The number of amides is 1. The molecule has 5 heteroatoms. The van der Waals surface area contributed by atoms with E-state index in [1.54, 1.807) is 6.92 Å². The van der Waals surface area contributed by atoms with Crippen LogP contribution in [0.1, 0.15) is 38.7 Å². The van der Waals surface area contributed by atoms with E-state index < -0.39 is 6.04 Å². The fourth-order valence-corrected chi connectivity index (χ4v) is 2.51. The maximum atomic E-state index is 12.0. The molecule has 1 aliphatic rings. The van der Waals surface area contributed by atoms with E-state index in [4.69, 9.17) is 9.47 Å². The van der Waals surface area contributed by atoms with E-state index in [0.29, 0.717) is 6.61 Å². The number of nitrogens with one attached hydrogen (secondary N) is 1. The van der Waals surface area contributed by atoms with Gasteiger partial charge in [0.1, 0.15) is 11.8 Å². The highest BCUT2D eigenvalue weighted by Gasteiger charge is 2.39. The normalized spacial score (nSPS) is 21.2. The Morgan fingerprint density at radius 2 is 2.19 bits per heavy atom. The highest BCUT2D eigenvalue weighted by atomic mass is 16.5. The highest BCUT2D eigenvalue weighted by molar-refractivity contribution is 5.90. The monoisotopic (exact) mass is 291 g/mol. The highest BCUT2D eigenvalue weighted by Crippen LogP contribution is 2.31. The molecule has 2 unspecified atom stereocenters.